The van der Waals surface area contributed by atoms with E-state index in [0.717, 1.165) is 29.0 Å². The summed E-state index contributed by atoms with van der Waals surface area (Å²) < 4.78 is 0. The molecule has 1 aliphatic carbocycles. The maximum Gasteiger partial charge on any atom is 0.262 e. The van der Waals surface area contributed by atoms with Crippen LogP contribution in [0, 0.1) is 0 Å². The number of benzene rings is 2. The van der Waals surface area contributed by atoms with E-state index < -0.39 is 0 Å². The average Bonchev–Trinajstić information content (AvgIpc) is 3.16. The molecule has 0 aromatic heterocycles. The summed E-state index contributed by atoms with van der Waals surface area (Å²) in [6, 6.07) is 15.5. The number of nitrogens with one attached hydrogen (secondary N) is 2. The molecule has 2 N–H and O–H groups in total. The molecule has 4 nitrogen and oxygen atoms in total. The van der Waals surface area contributed by atoms with Crippen LogP contribution in [-0.4, -0.2) is 17.9 Å². The van der Waals surface area contributed by atoms with Gasteiger partial charge in [0.15, 0.2) is 0 Å². The molecule has 0 saturated heterocycles. The van der Waals surface area contributed by atoms with Crippen molar-refractivity contribution in [2.24, 2.45) is 0 Å². The topological polar surface area (TPSA) is 58.2 Å². The van der Waals surface area contributed by atoms with Gasteiger partial charge in [-0.25, -0.2) is 0 Å². The van der Waals surface area contributed by atoms with Gasteiger partial charge >= 0.3 is 0 Å². The third kappa shape index (κ3) is 3.68. The van der Waals surface area contributed by atoms with Crippen LogP contribution in [0.1, 0.15) is 41.6 Å². The zero-order chi connectivity index (χ0) is 17.9. The Morgan fingerprint density at radius 2 is 1.81 bits per heavy atom. The lowest BCUT2D eigenvalue weighted by Gasteiger charge is -2.18. The lowest BCUT2D eigenvalue weighted by atomic mass is 10.1. The standard InChI is InChI=1S/C21H20N2O2S/c24-20(22-16-5-1-2-6-16)15-11-9-14(10-12-15)13-19-21(25)23-17-7-3-4-8-18(17)26-19/h3-4,7-13,16H,1-2,5-6H2,(H,22,24)(H,23,25). The molecule has 0 spiro atoms. The molecule has 1 saturated carbocycles. The van der Waals surface area contributed by atoms with E-state index in [0.29, 0.717) is 16.5 Å². The minimum absolute atomic E-state index is 0.0187. The number of carbonyl (C=O) groups is 2. The third-order valence-corrected chi connectivity index (χ3v) is 5.84. The highest BCUT2D eigenvalue weighted by Crippen LogP contribution is 2.38. The van der Waals surface area contributed by atoms with E-state index in [-0.39, 0.29) is 11.8 Å². The Kier molecular flexibility index (Phi) is 4.80. The first-order valence-corrected chi connectivity index (χ1v) is 9.71. The zero-order valence-electron chi connectivity index (χ0n) is 14.3. The first-order chi connectivity index (χ1) is 12.7. The molecule has 2 aromatic rings. The summed E-state index contributed by atoms with van der Waals surface area (Å²) in [6.45, 7) is 0. The zero-order valence-corrected chi connectivity index (χ0v) is 15.1. The van der Waals surface area contributed by atoms with Crippen molar-refractivity contribution in [2.45, 2.75) is 36.6 Å². The number of carbonyl (C=O) groups excluding carboxylic acids is 2. The molecule has 0 atom stereocenters. The quantitative estimate of drug-likeness (QED) is 0.792. The number of rotatable bonds is 3. The number of thioether (sulfide) groups is 1. The number of amides is 2. The molecule has 1 aliphatic heterocycles. The van der Waals surface area contributed by atoms with Gasteiger partial charge in [0.05, 0.1) is 10.6 Å². The van der Waals surface area contributed by atoms with Crippen LogP contribution in [0.15, 0.2) is 58.3 Å². The Balaban J connectivity index is 1.47. The van der Waals surface area contributed by atoms with Gasteiger partial charge in [0.2, 0.25) is 0 Å². The maximum absolute atomic E-state index is 12.3. The fourth-order valence-corrected chi connectivity index (χ4v) is 4.27. The van der Waals surface area contributed by atoms with E-state index in [4.69, 9.17) is 0 Å². The molecule has 4 rings (SSSR count). The minimum Gasteiger partial charge on any atom is -0.349 e. The fourth-order valence-electron chi connectivity index (χ4n) is 3.32. The summed E-state index contributed by atoms with van der Waals surface area (Å²) in [5.74, 6) is -0.119. The van der Waals surface area contributed by atoms with Crippen molar-refractivity contribution in [3.05, 3.63) is 64.6 Å². The number of para-hydroxylation sites is 1. The van der Waals surface area contributed by atoms with Crippen molar-refractivity contribution < 1.29 is 9.59 Å². The number of anilines is 1. The van der Waals surface area contributed by atoms with E-state index in [1.807, 2.05) is 54.6 Å². The van der Waals surface area contributed by atoms with Crippen molar-refractivity contribution in [1.29, 1.82) is 0 Å². The van der Waals surface area contributed by atoms with E-state index in [9.17, 15) is 9.59 Å². The molecule has 0 radical (unpaired) electrons. The number of hydrogen-bond acceptors (Lipinski definition) is 3. The molecule has 0 unspecified atom stereocenters. The number of fused-ring (bicyclic) bond motifs is 1. The van der Waals surface area contributed by atoms with Crippen molar-refractivity contribution in [2.75, 3.05) is 5.32 Å². The summed E-state index contributed by atoms with van der Waals surface area (Å²) in [5.41, 5.74) is 2.41. The van der Waals surface area contributed by atoms with Crippen LogP contribution in [0.3, 0.4) is 0 Å². The molecule has 2 amide bonds. The van der Waals surface area contributed by atoms with Crippen molar-refractivity contribution in [3.63, 3.8) is 0 Å². The Morgan fingerprint density at radius 3 is 2.58 bits per heavy atom. The van der Waals surface area contributed by atoms with Crippen LogP contribution in [0.25, 0.3) is 6.08 Å². The molecule has 5 heteroatoms. The van der Waals surface area contributed by atoms with Gasteiger partial charge in [-0.2, -0.15) is 0 Å². The smallest absolute Gasteiger partial charge is 0.262 e. The van der Waals surface area contributed by atoms with E-state index in [2.05, 4.69) is 10.6 Å². The molecule has 1 heterocycles. The van der Waals surface area contributed by atoms with Crippen molar-refractivity contribution in [1.82, 2.24) is 5.32 Å². The van der Waals surface area contributed by atoms with Crippen LogP contribution in [-0.2, 0) is 4.79 Å². The summed E-state index contributed by atoms with van der Waals surface area (Å²) >= 11 is 1.46. The maximum atomic E-state index is 12.3. The summed E-state index contributed by atoms with van der Waals surface area (Å²) in [7, 11) is 0. The van der Waals surface area contributed by atoms with Gasteiger partial charge in [-0.1, -0.05) is 48.9 Å². The molecule has 1 fully saturated rings. The molecule has 2 aliphatic rings. The number of hydrogen-bond donors (Lipinski definition) is 2. The molecular formula is C21H20N2O2S. The predicted octanol–water partition coefficient (Wildman–Crippen LogP) is 4.44. The second-order valence-electron chi connectivity index (χ2n) is 6.64. The molecular weight excluding hydrogens is 344 g/mol. The molecule has 0 bridgehead atoms. The molecule has 26 heavy (non-hydrogen) atoms. The van der Waals surface area contributed by atoms with Gasteiger partial charge in [0.25, 0.3) is 11.8 Å². The monoisotopic (exact) mass is 364 g/mol. The fraction of sp³-hybridized carbons (Fsp3) is 0.238. The normalized spacial score (nSPS) is 18.5. The second-order valence-corrected chi connectivity index (χ2v) is 7.72. The van der Waals surface area contributed by atoms with Crippen molar-refractivity contribution >= 4 is 35.3 Å². The van der Waals surface area contributed by atoms with Gasteiger partial charge in [-0.3, -0.25) is 9.59 Å². The summed E-state index contributed by atoms with van der Waals surface area (Å²) in [5, 5.41) is 6.00. The predicted molar refractivity (Wildman–Crippen MR) is 105 cm³/mol. The first kappa shape index (κ1) is 16.9. The lowest BCUT2D eigenvalue weighted by Crippen LogP contribution is -2.32. The van der Waals surface area contributed by atoms with Crippen LogP contribution in [0.2, 0.25) is 0 Å². The van der Waals surface area contributed by atoms with Gasteiger partial charge < -0.3 is 10.6 Å². The highest BCUT2D eigenvalue weighted by Gasteiger charge is 2.21. The van der Waals surface area contributed by atoms with Gasteiger partial charge in [-0.05, 0) is 48.7 Å². The second kappa shape index (κ2) is 7.38. The van der Waals surface area contributed by atoms with Gasteiger partial charge in [-0.15, -0.1) is 0 Å². The van der Waals surface area contributed by atoms with Crippen molar-refractivity contribution in [3.8, 4) is 0 Å². The third-order valence-electron chi connectivity index (χ3n) is 4.74. The van der Waals surface area contributed by atoms with Crippen LogP contribution in [0.4, 0.5) is 5.69 Å². The Morgan fingerprint density at radius 1 is 1.08 bits per heavy atom. The van der Waals surface area contributed by atoms with Crippen LogP contribution in [0.5, 0.6) is 0 Å². The molecule has 132 valence electrons. The molecule has 2 aromatic carbocycles. The highest BCUT2D eigenvalue weighted by atomic mass is 32.2. The van der Waals surface area contributed by atoms with Crippen LogP contribution >= 0.6 is 11.8 Å². The Hall–Kier alpha value is -2.53. The Bertz CT molecular complexity index is 868. The summed E-state index contributed by atoms with van der Waals surface area (Å²) in [4.78, 5) is 26.2. The van der Waals surface area contributed by atoms with E-state index in [1.54, 1.807) is 0 Å². The summed E-state index contributed by atoms with van der Waals surface area (Å²) in [6.07, 6.45) is 6.39. The van der Waals surface area contributed by atoms with Crippen LogP contribution < -0.4 is 10.6 Å². The first-order valence-electron chi connectivity index (χ1n) is 8.90. The minimum atomic E-state index is -0.100. The highest BCUT2D eigenvalue weighted by molar-refractivity contribution is 8.04. The van der Waals surface area contributed by atoms with E-state index >= 15 is 0 Å². The van der Waals surface area contributed by atoms with Gasteiger partial charge in [0.1, 0.15) is 0 Å². The van der Waals surface area contributed by atoms with E-state index in [1.165, 1.54) is 24.6 Å². The Labute approximate surface area is 157 Å². The average molecular weight is 364 g/mol. The SMILES string of the molecule is O=C1Nc2ccccc2SC1=Cc1ccc(C(=O)NC2CCCC2)cc1. The lowest BCUT2D eigenvalue weighted by molar-refractivity contribution is -0.112. The largest absolute Gasteiger partial charge is 0.349 e. The van der Waals surface area contributed by atoms with Gasteiger partial charge in [0, 0.05) is 16.5 Å².